The van der Waals surface area contributed by atoms with E-state index >= 15 is 0 Å². The third-order valence-electron chi connectivity index (χ3n) is 4.90. The molecular formula is C22H24N2+2. The number of quaternary nitrogens is 2. The maximum atomic E-state index is 4.37. The molecule has 4 N–H and O–H groups in total. The van der Waals surface area contributed by atoms with Crippen LogP contribution in [0.15, 0.2) is 78.9 Å². The number of rotatable bonds is 3. The maximum absolute atomic E-state index is 4.37. The van der Waals surface area contributed by atoms with E-state index in [4.69, 9.17) is 0 Å². The average Bonchev–Trinajstić information content (AvgIpc) is 2.63. The zero-order chi connectivity index (χ0) is 16.4. The fourth-order valence-corrected chi connectivity index (χ4v) is 3.77. The van der Waals surface area contributed by atoms with Crippen molar-refractivity contribution in [3.05, 3.63) is 90.0 Å². The molecule has 24 heavy (non-hydrogen) atoms. The summed E-state index contributed by atoms with van der Waals surface area (Å²) in [5.41, 5.74) is 11.2. The predicted molar refractivity (Wildman–Crippen MR) is 97.9 cm³/mol. The second-order valence-electron chi connectivity index (χ2n) is 6.78. The first-order chi connectivity index (χ1) is 11.8. The lowest BCUT2D eigenvalue weighted by Crippen LogP contribution is -3.10. The van der Waals surface area contributed by atoms with Gasteiger partial charge in [-0.2, -0.15) is 0 Å². The monoisotopic (exact) mass is 316 g/mol. The van der Waals surface area contributed by atoms with Crippen molar-refractivity contribution in [1.29, 1.82) is 0 Å². The van der Waals surface area contributed by atoms with Gasteiger partial charge < -0.3 is 5.73 Å². The Morgan fingerprint density at radius 3 is 2.29 bits per heavy atom. The molecule has 0 saturated heterocycles. The van der Waals surface area contributed by atoms with E-state index in [1.807, 2.05) is 0 Å². The molecule has 0 fully saturated rings. The van der Waals surface area contributed by atoms with E-state index in [0.29, 0.717) is 6.04 Å². The molecule has 2 unspecified atom stereocenters. The highest BCUT2D eigenvalue weighted by atomic mass is 15.2. The summed E-state index contributed by atoms with van der Waals surface area (Å²) in [6, 6.07) is 28.8. The maximum Gasteiger partial charge on any atom is 0.139 e. The molecule has 4 rings (SSSR count). The molecule has 1 aliphatic rings. The number of hydrogen-bond acceptors (Lipinski definition) is 0. The van der Waals surface area contributed by atoms with E-state index in [-0.39, 0.29) is 0 Å². The van der Waals surface area contributed by atoms with Crippen molar-refractivity contribution in [3.63, 3.8) is 0 Å². The molecule has 0 amide bonds. The summed E-state index contributed by atoms with van der Waals surface area (Å²) in [6.07, 6.45) is 1.08. The fraction of sp³-hybridized carbons (Fsp3) is 0.182. The largest absolute Gasteiger partial charge is 0.350 e. The molecular weight excluding hydrogens is 292 g/mol. The molecule has 3 aromatic carbocycles. The summed E-state index contributed by atoms with van der Waals surface area (Å²) >= 11 is 0. The Hall–Kier alpha value is -2.42. The first kappa shape index (κ1) is 15.1. The quantitative estimate of drug-likeness (QED) is 0.743. The molecule has 1 aliphatic heterocycles. The van der Waals surface area contributed by atoms with Gasteiger partial charge in [-0.05, 0) is 29.3 Å². The molecule has 2 heteroatoms. The van der Waals surface area contributed by atoms with Crippen LogP contribution < -0.4 is 10.6 Å². The van der Waals surface area contributed by atoms with E-state index in [1.165, 1.54) is 32.8 Å². The lowest BCUT2D eigenvalue weighted by Gasteiger charge is -2.28. The third kappa shape index (κ3) is 3.12. The van der Waals surface area contributed by atoms with Gasteiger partial charge in [0.1, 0.15) is 24.8 Å². The number of fused-ring (bicyclic) bond motifs is 1. The normalized spacial score (nSPS) is 19.7. The van der Waals surface area contributed by atoms with Gasteiger partial charge in [0.25, 0.3) is 0 Å². The topological polar surface area (TPSA) is 32.1 Å². The van der Waals surface area contributed by atoms with Crippen LogP contribution in [-0.2, 0) is 13.0 Å². The number of benzene rings is 3. The van der Waals surface area contributed by atoms with E-state index < -0.39 is 0 Å². The van der Waals surface area contributed by atoms with Crippen LogP contribution in [0.25, 0.3) is 11.1 Å². The minimum absolute atomic E-state index is 0.474. The zero-order valence-corrected chi connectivity index (χ0v) is 13.9. The van der Waals surface area contributed by atoms with Gasteiger partial charge in [0, 0.05) is 17.5 Å². The Labute approximate surface area is 143 Å². The van der Waals surface area contributed by atoms with Crippen molar-refractivity contribution < 1.29 is 10.6 Å². The van der Waals surface area contributed by atoms with Gasteiger partial charge >= 0.3 is 0 Å². The van der Waals surface area contributed by atoms with Gasteiger partial charge in [0.15, 0.2) is 0 Å². The lowest BCUT2D eigenvalue weighted by atomic mass is 9.94. The summed E-state index contributed by atoms with van der Waals surface area (Å²) in [7, 11) is 0. The first-order valence-electron chi connectivity index (χ1n) is 8.70. The van der Waals surface area contributed by atoms with Gasteiger partial charge in [-0.3, -0.25) is 4.90 Å². The molecule has 0 spiro atoms. The Balaban J connectivity index is 1.67. The predicted octanol–water partition coefficient (Wildman–Crippen LogP) is 2.24. The van der Waals surface area contributed by atoms with Gasteiger partial charge in [-0.25, -0.2) is 0 Å². The standard InChI is InChI=1S/C22H22N2/c23-21-14-20-13-19(18-9-5-2-6-10-18)11-12-22(20)24(16-21)15-17-7-3-1-4-8-17/h1-13,21H,14-16,23H2/p+2. The van der Waals surface area contributed by atoms with Crippen LogP contribution in [0.5, 0.6) is 0 Å². The molecule has 120 valence electrons. The van der Waals surface area contributed by atoms with Crippen molar-refractivity contribution in [3.8, 4) is 11.1 Å². The van der Waals surface area contributed by atoms with E-state index in [1.54, 1.807) is 0 Å². The van der Waals surface area contributed by atoms with Gasteiger partial charge in [-0.15, -0.1) is 0 Å². The summed E-state index contributed by atoms with van der Waals surface area (Å²) in [5.74, 6) is 0. The second kappa shape index (κ2) is 6.60. The molecule has 0 aromatic heterocycles. The zero-order valence-electron chi connectivity index (χ0n) is 13.9. The Morgan fingerprint density at radius 2 is 1.54 bits per heavy atom. The molecule has 2 atom stereocenters. The van der Waals surface area contributed by atoms with Gasteiger partial charge in [0.05, 0.1) is 0 Å². The minimum Gasteiger partial charge on any atom is -0.350 e. The lowest BCUT2D eigenvalue weighted by molar-refractivity contribution is -0.862. The number of hydrogen-bond donors (Lipinski definition) is 2. The third-order valence-corrected chi connectivity index (χ3v) is 4.90. The van der Waals surface area contributed by atoms with Gasteiger partial charge in [-0.1, -0.05) is 60.7 Å². The molecule has 0 aliphatic carbocycles. The average molecular weight is 316 g/mol. The van der Waals surface area contributed by atoms with Crippen molar-refractivity contribution in [2.75, 3.05) is 6.54 Å². The molecule has 2 nitrogen and oxygen atoms in total. The molecule has 3 aromatic rings. The van der Waals surface area contributed by atoms with E-state index in [9.17, 15) is 0 Å². The van der Waals surface area contributed by atoms with Crippen LogP contribution in [0.4, 0.5) is 5.69 Å². The Bertz CT molecular complexity index is 812. The van der Waals surface area contributed by atoms with Crippen molar-refractivity contribution in [2.24, 2.45) is 0 Å². The van der Waals surface area contributed by atoms with Crippen LogP contribution in [0.1, 0.15) is 11.1 Å². The Morgan fingerprint density at radius 1 is 0.833 bits per heavy atom. The van der Waals surface area contributed by atoms with Crippen LogP contribution in [0.3, 0.4) is 0 Å². The van der Waals surface area contributed by atoms with Crippen LogP contribution in [-0.4, -0.2) is 12.6 Å². The molecule has 0 bridgehead atoms. The fourth-order valence-electron chi connectivity index (χ4n) is 3.77. The van der Waals surface area contributed by atoms with E-state index in [0.717, 1.165) is 19.5 Å². The molecule has 1 heterocycles. The molecule has 0 saturated carbocycles. The Kier molecular flexibility index (Phi) is 4.16. The van der Waals surface area contributed by atoms with Gasteiger partial charge in [0.2, 0.25) is 0 Å². The van der Waals surface area contributed by atoms with E-state index in [2.05, 4.69) is 84.6 Å². The van der Waals surface area contributed by atoms with Crippen LogP contribution in [0.2, 0.25) is 0 Å². The van der Waals surface area contributed by atoms with Crippen molar-refractivity contribution in [2.45, 2.75) is 19.0 Å². The first-order valence-corrected chi connectivity index (χ1v) is 8.70. The highest BCUT2D eigenvalue weighted by Gasteiger charge is 2.29. The minimum atomic E-state index is 0.474. The molecule has 0 radical (unpaired) electrons. The number of nitrogens with one attached hydrogen (secondary N) is 1. The van der Waals surface area contributed by atoms with Crippen molar-refractivity contribution >= 4 is 5.69 Å². The van der Waals surface area contributed by atoms with Crippen molar-refractivity contribution in [1.82, 2.24) is 0 Å². The van der Waals surface area contributed by atoms with Crippen LogP contribution in [0, 0.1) is 0 Å². The summed E-state index contributed by atoms with van der Waals surface area (Å²) in [4.78, 5) is 1.53. The smallest absolute Gasteiger partial charge is 0.139 e. The summed E-state index contributed by atoms with van der Waals surface area (Å²) in [5, 5.41) is 0. The summed E-state index contributed by atoms with van der Waals surface area (Å²) < 4.78 is 0. The summed E-state index contributed by atoms with van der Waals surface area (Å²) in [6.45, 7) is 2.14. The second-order valence-corrected chi connectivity index (χ2v) is 6.78. The van der Waals surface area contributed by atoms with Crippen LogP contribution >= 0.6 is 0 Å². The highest BCUT2D eigenvalue weighted by molar-refractivity contribution is 5.66. The highest BCUT2D eigenvalue weighted by Crippen LogP contribution is 2.25. The SMILES string of the molecule is [NH3+]C1Cc2cc(-c3ccccc3)ccc2[NH+](Cc2ccccc2)C1.